The minimum absolute atomic E-state index is 0.313. The number of anilines is 2. The average Bonchev–Trinajstić information content (AvgIpc) is 3.00. The Morgan fingerprint density at radius 3 is 2.71 bits per heavy atom. The van der Waals surface area contributed by atoms with Crippen molar-refractivity contribution >= 4 is 17.5 Å². The van der Waals surface area contributed by atoms with Crippen LogP contribution in [0.4, 0.5) is 16.2 Å². The van der Waals surface area contributed by atoms with E-state index in [1.165, 1.54) is 0 Å². The first-order valence-electron chi connectivity index (χ1n) is 8.25. The molecule has 6 nitrogen and oxygen atoms in total. The molecule has 0 aliphatic carbocycles. The molecule has 2 aromatic rings. The number of benzene rings is 1. The van der Waals surface area contributed by atoms with Gasteiger partial charge in [0, 0.05) is 29.8 Å². The summed E-state index contributed by atoms with van der Waals surface area (Å²) in [5.41, 5.74) is 1.61. The molecule has 24 heavy (non-hydrogen) atoms. The Morgan fingerprint density at radius 2 is 2.00 bits per heavy atom. The van der Waals surface area contributed by atoms with Crippen molar-refractivity contribution in [3.05, 3.63) is 42.5 Å². The van der Waals surface area contributed by atoms with Crippen molar-refractivity contribution in [1.82, 2.24) is 9.55 Å². The highest BCUT2D eigenvalue weighted by molar-refractivity contribution is 5.85. The summed E-state index contributed by atoms with van der Waals surface area (Å²) in [7, 11) is 0. The number of amides is 1. The van der Waals surface area contributed by atoms with Gasteiger partial charge in [0.15, 0.2) is 0 Å². The van der Waals surface area contributed by atoms with E-state index < -0.39 is 6.09 Å². The lowest BCUT2D eigenvalue weighted by Gasteiger charge is -2.13. The number of hydrogen-bond donors (Lipinski definition) is 2. The van der Waals surface area contributed by atoms with Gasteiger partial charge in [0.25, 0.3) is 0 Å². The quantitative estimate of drug-likeness (QED) is 0.795. The van der Waals surface area contributed by atoms with Crippen LogP contribution in [-0.4, -0.2) is 22.3 Å². The molecule has 1 heterocycles. The van der Waals surface area contributed by atoms with E-state index in [-0.39, 0.29) is 0 Å². The third kappa shape index (κ3) is 5.30. The number of aromatic nitrogens is 2. The average molecular weight is 330 g/mol. The van der Waals surface area contributed by atoms with Crippen LogP contribution in [-0.2, 0) is 11.3 Å². The minimum Gasteiger partial charge on any atom is -0.449 e. The fourth-order valence-electron chi connectivity index (χ4n) is 2.24. The number of carbonyl (C=O) groups is 1. The molecule has 0 atom stereocenters. The minimum atomic E-state index is -0.434. The molecule has 2 N–H and O–H groups in total. The van der Waals surface area contributed by atoms with Crippen molar-refractivity contribution in [2.24, 2.45) is 5.92 Å². The molecule has 0 fully saturated rings. The number of carbonyl (C=O) groups excluding carboxylic acids is 1. The second kappa shape index (κ2) is 8.38. The van der Waals surface area contributed by atoms with Gasteiger partial charge in [-0.3, -0.25) is 5.32 Å². The lowest BCUT2D eigenvalue weighted by Crippen LogP contribution is -2.16. The van der Waals surface area contributed by atoms with Crippen molar-refractivity contribution in [2.75, 3.05) is 17.2 Å². The van der Waals surface area contributed by atoms with Gasteiger partial charge in [-0.25, -0.2) is 9.78 Å². The first kappa shape index (κ1) is 17.8. The normalized spacial score (nSPS) is 10.9. The zero-order valence-corrected chi connectivity index (χ0v) is 14.7. The highest BCUT2D eigenvalue weighted by Gasteiger charge is 2.07. The van der Waals surface area contributed by atoms with Crippen LogP contribution < -0.4 is 10.6 Å². The second-order valence-corrected chi connectivity index (χ2v) is 6.40. The second-order valence-electron chi connectivity index (χ2n) is 6.40. The number of ether oxygens (including phenoxy) is 1. The van der Waals surface area contributed by atoms with Gasteiger partial charge >= 0.3 is 6.09 Å². The summed E-state index contributed by atoms with van der Waals surface area (Å²) < 4.78 is 7.25. The van der Waals surface area contributed by atoms with E-state index in [0.717, 1.165) is 11.5 Å². The standard InChI is InChI=1S/C18H26N4O2/c1-13(2)12-24-18(23)21-16-7-5-6-15(10-16)20-11-17-19-8-9-22(17)14(3)4/h5-10,13-14,20H,11-12H2,1-4H3,(H,21,23). The molecular weight excluding hydrogens is 304 g/mol. The molecule has 0 spiro atoms. The molecule has 6 heteroatoms. The predicted molar refractivity (Wildman–Crippen MR) is 96.2 cm³/mol. The van der Waals surface area contributed by atoms with Crippen LogP contribution in [0.15, 0.2) is 36.7 Å². The van der Waals surface area contributed by atoms with Crippen molar-refractivity contribution in [1.29, 1.82) is 0 Å². The Kier molecular flexibility index (Phi) is 6.23. The molecule has 1 aromatic carbocycles. The van der Waals surface area contributed by atoms with Crippen molar-refractivity contribution in [2.45, 2.75) is 40.3 Å². The molecule has 130 valence electrons. The lowest BCUT2D eigenvalue weighted by molar-refractivity contribution is 0.147. The number of hydrogen-bond acceptors (Lipinski definition) is 4. The Bertz CT molecular complexity index is 665. The van der Waals surface area contributed by atoms with E-state index in [4.69, 9.17) is 4.74 Å². The third-order valence-corrected chi connectivity index (χ3v) is 3.41. The zero-order chi connectivity index (χ0) is 17.5. The number of nitrogens with zero attached hydrogens (tertiary/aromatic N) is 2. The molecular formula is C18H26N4O2. The van der Waals surface area contributed by atoms with Crippen molar-refractivity contribution in [3.8, 4) is 0 Å². The Labute approximate surface area is 143 Å². The summed E-state index contributed by atoms with van der Waals surface area (Å²) >= 11 is 0. The van der Waals surface area contributed by atoms with Gasteiger partial charge in [0.2, 0.25) is 0 Å². The predicted octanol–water partition coefficient (Wildman–Crippen LogP) is 4.28. The molecule has 2 rings (SSSR count). The molecule has 0 aliphatic heterocycles. The first-order valence-corrected chi connectivity index (χ1v) is 8.25. The van der Waals surface area contributed by atoms with E-state index >= 15 is 0 Å². The molecule has 0 bridgehead atoms. The fraction of sp³-hybridized carbons (Fsp3) is 0.444. The maximum Gasteiger partial charge on any atom is 0.411 e. The highest BCUT2D eigenvalue weighted by Crippen LogP contribution is 2.17. The van der Waals surface area contributed by atoms with Crippen LogP contribution in [0.1, 0.15) is 39.6 Å². The van der Waals surface area contributed by atoms with E-state index in [0.29, 0.717) is 30.8 Å². The van der Waals surface area contributed by atoms with Gasteiger partial charge in [-0.2, -0.15) is 0 Å². The first-order chi connectivity index (χ1) is 11.5. The van der Waals surface area contributed by atoms with E-state index in [1.54, 1.807) is 6.20 Å². The molecule has 0 saturated carbocycles. The van der Waals surface area contributed by atoms with Gasteiger partial charge in [-0.1, -0.05) is 19.9 Å². The van der Waals surface area contributed by atoms with Gasteiger partial charge < -0.3 is 14.6 Å². The number of imidazole rings is 1. The SMILES string of the molecule is CC(C)COC(=O)Nc1cccc(NCc2nccn2C(C)C)c1. The van der Waals surface area contributed by atoms with E-state index in [2.05, 4.69) is 34.0 Å². The van der Waals surface area contributed by atoms with Crippen LogP contribution in [0.25, 0.3) is 0 Å². The van der Waals surface area contributed by atoms with Crippen molar-refractivity contribution in [3.63, 3.8) is 0 Å². The molecule has 0 saturated heterocycles. The van der Waals surface area contributed by atoms with Gasteiger partial charge in [-0.05, 0) is 38.0 Å². The van der Waals surface area contributed by atoms with Crippen LogP contribution in [0.2, 0.25) is 0 Å². The van der Waals surface area contributed by atoms with Gasteiger partial charge in [0.1, 0.15) is 5.82 Å². The summed E-state index contributed by atoms with van der Waals surface area (Å²) in [6.45, 7) is 9.27. The smallest absolute Gasteiger partial charge is 0.411 e. The molecule has 0 unspecified atom stereocenters. The number of nitrogens with one attached hydrogen (secondary N) is 2. The maximum atomic E-state index is 11.7. The summed E-state index contributed by atoms with van der Waals surface area (Å²) in [5, 5.41) is 6.07. The summed E-state index contributed by atoms with van der Waals surface area (Å²) in [6, 6.07) is 7.91. The number of rotatable bonds is 7. The molecule has 1 amide bonds. The van der Waals surface area contributed by atoms with Crippen LogP contribution in [0, 0.1) is 5.92 Å². The van der Waals surface area contributed by atoms with Crippen LogP contribution in [0.5, 0.6) is 0 Å². The van der Waals surface area contributed by atoms with Gasteiger partial charge in [0.05, 0.1) is 13.2 Å². The summed E-state index contributed by atoms with van der Waals surface area (Å²) in [5.74, 6) is 1.29. The van der Waals surface area contributed by atoms with E-state index in [9.17, 15) is 4.79 Å². The molecule has 0 aliphatic rings. The third-order valence-electron chi connectivity index (χ3n) is 3.41. The van der Waals surface area contributed by atoms with Crippen LogP contribution >= 0.6 is 0 Å². The summed E-state index contributed by atoms with van der Waals surface area (Å²) in [4.78, 5) is 16.1. The van der Waals surface area contributed by atoms with Crippen molar-refractivity contribution < 1.29 is 9.53 Å². The Balaban J connectivity index is 1.93. The largest absolute Gasteiger partial charge is 0.449 e. The maximum absolute atomic E-state index is 11.7. The fourth-order valence-corrected chi connectivity index (χ4v) is 2.24. The summed E-state index contributed by atoms with van der Waals surface area (Å²) in [6.07, 6.45) is 3.35. The zero-order valence-electron chi connectivity index (χ0n) is 14.7. The highest BCUT2D eigenvalue weighted by atomic mass is 16.5. The van der Waals surface area contributed by atoms with Crippen LogP contribution in [0.3, 0.4) is 0 Å². The molecule has 0 radical (unpaired) electrons. The lowest BCUT2D eigenvalue weighted by atomic mass is 10.2. The topological polar surface area (TPSA) is 68.2 Å². The monoisotopic (exact) mass is 330 g/mol. The van der Waals surface area contributed by atoms with E-state index in [1.807, 2.05) is 44.3 Å². The Morgan fingerprint density at radius 1 is 1.25 bits per heavy atom. The molecule has 1 aromatic heterocycles. The Hall–Kier alpha value is -2.50. The van der Waals surface area contributed by atoms with Gasteiger partial charge in [-0.15, -0.1) is 0 Å².